The topological polar surface area (TPSA) is 86.9 Å². The van der Waals surface area contributed by atoms with E-state index in [1.807, 2.05) is 86.3 Å². The van der Waals surface area contributed by atoms with Crippen LogP contribution in [0.15, 0.2) is 66.7 Å². The van der Waals surface area contributed by atoms with Gasteiger partial charge in [0.05, 0.1) is 0 Å². The second kappa shape index (κ2) is 9.27. The van der Waals surface area contributed by atoms with Gasteiger partial charge in [0.15, 0.2) is 5.11 Å². The number of anilines is 2. The largest absolute Gasteiger partial charge is 0.480 e. The van der Waals surface area contributed by atoms with Crippen LogP contribution in [-0.2, 0) is 11.3 Å². The Hall–Kier alpha value is -3.71. The molecule has 174 valence electrons. The Morgan fingerprint density at radius 2 is 1.71 bits per heavy atom. The molecule has 1 atom stereocenters. The number of carboxylic acids is 1. The van der Waals surface area contributed by atoms with Crippen LogP contribution in [0.5, 0.6) is 0 Å². The minimum absolute atomic E-state index is 0.187. The van der Waals surface area contributed by atoms with Crippen LogP contribution in [0, 0.1) is 12.8 Å². The van der Waals surface area contributed by atoms with Gasteiger partial charge >= 0.3 is 5.97 Å². The Labute approximate surface area is 204 Å². The molecule has 1 aliphatic rings. The maximum atomic E-state index is 12.9. The van der Waals surface area contributed by atoms with E-state index in [1.165, 1.54) is 4.90 Å². The Morgan fingerprint density at radius 1 is 1.03 bits per heavy atom. The Morgan fingerprint density at radius 3 is 2.29 bits per heavy atom. The molecule has 0 unspecified atom stereocenters. The summed E-state index contributed by atoms with van der Waals surface area (Å²) in [6.45, 7) is 5.94. The van der Waals surface area contributed by atoms with Crippen LogP contribution in [-0.4, -0.2) is 33.0 Å². The summed E-state index contributed by atoms with van der Waals surface area (Å²) in [7, 11) is 0. The van der Waals surface area contributed by atoms with Crippen LogP contribution in [0.3, 0.4) is 0 Å². The van der Waals surface area contributed by atoms with Crippen LogP contribution < -0.4 is 10.6 Å². The van der Waals surface area contributed by atoms with E-state index in [2.05, 4.69) is 0 Å². The lowest BCUT2D eigenvalue weighted by Crippen LogP contribution is -2.44. The van der Waals surface area contributed by atoms with E-state index in [1.54, 1.807) is 6.07 Å². The SMILES string of the molecule is Cc1cccc(N(C(N)=S)c2ccc(-c3ccc4c(c3)CN([C@H](C(=O)O)C(C)C)C4=O)cc2)c1. The fourth-order valence-electron chi connectivity index (χ4n) is 4.50. The number of rotatable bonds is 6. The van der Waals surface area contributed by atoms with E-state index >= 15 is 0 Å². The molecule has 0 bridgehead atoms. The number of carboxylic acid groups (broad SMARTS) is 1. The Balaban J connectivity index is 1.62. The first-order valence-corrected chi connectivity index (χ1v) is 11.5. The third kappa shape index (κ3) is 4.39. The van der Waals surface area contributed by atoms with Gasteiger partial charge in [-0.3, -0.25) is 9.69 Å². The predicted molar refractivity (Wildman–Crippen MR) is 138 cm³/mol. The van der Waals surface area contributed by atoms with Gasteiger partial charge in [-0.25, -0.2) is 4.79 Å². The van der Waals surface area contributed by atoms with E-state index in [4.69, 9.17) is 18.0 Å². The minimum atomic E-state index is -0.983. The van der Waals surface area contributed by atoms with Crippen molar-refractivity contribution in [3.05, 3.63) is 83.4 Å². The number of hydrogen-bond acceptors (Lipinski definition) is 3. The minimum Gasteiger partial charge on any atom is -0.480 e. The summed E-state index contributed by atoms with van der Waals surface area (Å²) >= 11 is 5.31. The van der Waals surface area contributed by atoms with Gasteiger partial charge in [0.1, 0.15) is 6.04 Å². The van der Waals surface area contributed by atoms with Crippen molar-refractivity contribution < 1.29 is 14.7 Å². The van der Waals surface area contributed by atoms with Gasteiger partial charge in [0.2, 0.25) is 0 Å². The summed E-state index contributed by atoms with van der Waals surface area (Å²) < 4.78 is 0. The van der Waals surface area contributed by atoms with Gasteiger partial charge in [0.25, 0.3) is 5.91 Å². The lowest BCUT2D eigenvalue weighted by atomic mass is 10.00. The lowest BCUT2D eigenvalue weighted by molar-refractivity contribution is -0.144. The molecule has 1 amide bonds. The van der Waals surface area contributed by atoms with Crippen LogP contribution in [0.1, 0.15) is 35.3 Å². The molecule has 3 aromatic carbocycles. The molecule has 0 saturated carbocycles. The van der Waals surface area contributed by atoms with Crippen LogP contribution >= 0.6 is 12.2 Å². The molecule has 1 heterocycles. The number of aliphatic carboxylic acids is 1. The van der Waals surface area contributed by atoms with Crippen molar-refractivity contribution in [2.75, 3.05) is 4.90 Å². The van der Waals surface area contributed by atoms with Crippen LogP contribution in [0.4, 0.5) is 11.4 Å². The third-order valence-electron chi connectivity index (χ3n) is 6.10. The summed E-state index contributed by atoms with van der Waals surface area (Å²) in [5.74, 6) is -1.40. The molecule has 7 heteroatoms. The quantitative estimate of drug-likeness (QED) is 0.484. The highest BCUT2D eigenvalue weighted by molar-refractivity contribution is 7.80. The predicted octanol–water partition coefficient (Wildman–Crippen LogP) is 5.11. The fourth-order valence-corrected chi connectivity index (χ4v) is 4.71. The molecule has 3 aromatic rings. The maximum Gasteiger partial charge on any atom is 0.326 e. The van der Waals surface area contributed by atoms with Crippen molar-refractivity contribution in [1.29, 1.82) is 0 Å². The standard InChI is InChI=1S/C27H27N3O3S/c1-16(2)24(26(32)33)29-15-20-14-19(9-12-23(20)25(29)31)18-7-10-21(11-8-18)30(27(28)34)22-6-4-5-17(3)13-22/h4-14,16,24H,15H2,1-3H3,(H2,28,34)(H,32,33)/t24-/m0/s1. The average molecular weight is 474 g/mol. The van der Waals surface area contributed by atoms with Crippen molar-refractivity contribution in [3.8, 4) is 11.1 Å². The molecular weight excluding hydrogens is 446 g/mol. The number of thiocarbonyl (C=S) groups is 1. The fraction of sp³-hybridized carbons (Fsp3) is 0.222. The van der Waals surface area contributed by atoms with Gasteiger partial charge in [-0.15, -0.1) is 0 Å². The van der Waals surface area contributed by atoms with E-state index in [0.29, 0.717) is 5.56 Å². The van der Waals surface area contributed by atoms with Crippen molar-refractivity contribution in [1.82, 2.24) is 4.90 Å². The first-order chi connectivity index (χ1) is 16.2. The van der Waals surface area contributed by atoms with Gasteiger partial charge in [0, 0.05) is 23.5 Å². The first-order valence-electron chi connectivity index (χ1n) is 11.1. The highest BCUT2D eigenvalue weighted by Gasteiger charge is 2.38. The van der Waals surface area contributed by atoms with Gasteiger partial charge in [-0.05, 0) is 83.7 Å². The second-order valence-corrected chi connectivity index (χ2v) is 9.31. The smallest absolute Gasteiger partial charge is 0.326 e. The number of aryl methyl sites for hydroxylation is 1. The number of benzene rings is 3. The normalized spacial score (nSPS) is 13.6. The van der Waals surface area contributed by atoms with E-state index in [0.717, 1.165) is 33.6 Å². The molecular formula is C27H27N3O3S. The highest BCUT2D eigenvalue weighted by Crippen LogP contribution is 2.33. The number of nitrogens with two attached hydrogens (primary N) is 1. The molecule has 0 aliphatic carbocycles. The molecule has 6 nitrogen and oxygen atoms in total. The Bertz CT molecular complexity index is 1270. The number of nitrogens with zero attached hydrogens (tertiary/aromatic N) is 2. The monoisotopic (exact) mass is 473 g/mol. The molecule has 0 saturated heterocycles. The molecule has 34 heavy (non-hydrogen) atoms. The van der Waals surface area contributed by atoms with E-state index < -0.39 is 12.0 Å². The number of fused-ring (bicyclic) bond motifs is 1. The van der Waals surface area contributed by atoms with Crippen LogP contribution in [0.2, 0.25) is 0 Å². The summed E-state index contributed by atoms with van der Waals surface area (Å²) in [6, 6.07) is 20.7. The molecule has 0 spiro atoms. The van der Waals surface area contributed by atoms with E-state index in [-0.39, 0.29) is 23.5 Å². The summed E-state index contributed by atoms with van der Waals surface area (Å²) in [6.07, 6.45) is 0. The zero-order valence-corrected chi connectivity index (χ0v) is 20.2. The summed E-state index contributed by atoms with van der Waals surface area (Å²) in [5, 5.41) is 9.88. The molecule has 4 rings (SSSR count). The number of hydrogen-bond donors (Lipinski definition) is 2. The number of amides is 1. The molecule has 0 fully saturated rings. The summed E-state index contributed by atoms with van der Waals surface area (Å²) in [4.78, 5) is 27.9. The highest BCUT2D eigenvalue weighted by atomic mass is 32.1. The zero-order chi connectivity index (χ0) is 24.6. The average Bonchev–Trinajstić information content (AvgIpc) is 3.09. The molecule has 0 aromatic heterocycles. The van der Waals surface area contributed by atoms with Crippen molar-refractivity contribution in [2.45, 2.75) is 33.4 Å². The van der Waals surface area contributed by atoms with Crippen molar-refractivity contribution >= 4 is 40.6 Å². The van der Waals surface area contributed by atoms with Gasteiger partial charge in [-0.2, -0.15) is 0 Å². The van der Waals surface area contributed by atoms with Crippen molar-refractivity contribution in [3.63, 3.8) is 0 Å². The van der Waals surface area contributed by atoms with Gasteiger partial charge in [-0.1, -0.05) is 44.2 Å². The molecule has 0 radical (unpaired) electrons. The second-order valence-electron chi connectivity index (χ2n) is 8.89. The summed E-state index contributed by atoms with van der Waals surface area (Å²) in [5.41, 5.74) is 12.2. The van der Waals surface area contributed by atoms with E-state index in [9.17, 15) is 14.7 Å². The Kier molecular flexibility index (Phi) is 6.39. The maximum absolute atomic E-state index is 12.9. The molecule has 1 aliphatic heterocycles. The van der Waals surface area contributed by atoms with Crippen LogP contribution in [0.25, 0.3) is 11.1 Å². The van der Waals surface area contributed by atoms with Crippen molar-refractivity contribution in [2.24, 2.45) is 11.7 Å². The van der Waals surface area contributed by atoms with Gasteiger partial charge < -0.3 is 15.7 Å². The zero-order valence-electron chi connectivity index (χ0n) is 19.4. The number of carbonyl (C=O) groups is 2. The lowest BCUT2D eigenvalue weighted by Gasteiger charge is -2.27. The molecule has 3 N–H and O–H groups in total. The first kappa shape index (κ1) is 23.4. The number of carbonyl (C=O) groups excluding carboxylic acids is 1. The third-order valence-corrected chi connectivity index (χ3v) is 6.28.